The summed E-state index contributed by atoms with van der Waals surface area (Å²) in [5, 5.41) is 7.98. The zero-order chi connectivity index (χ0) is 19.6. The van der Waals surface area contributed by atoms with Crippen LogP contribution in [0.25, 0.3) is 10.1 Å². The van der Waals surface area contributed by atoms with E-state index in [-0.39, 0.29) is 0 Å². The van der Waals surface area contributed by atoms with Crippen molar-refractivity contribution in [1.29, 1.82) is 0 Å². The molecule has 2 aromatic carbocycles. The number of thiophene rings is 1. The van der Waals surface area contributed by atoms with Crippen molar-refractivity contribution in [1.82, 2.24) is 0 Å². The van der Waals surface area contributed by atoms with Crippen LogP contribution in [-0.4, -0.2) is 25.3 Å². The van der Waals surface area contributed by atoms with E-state index in [9.17, 15) is 4.79 Å². The molecule has 8 heteroatoms. The molecule has 0 saturated carbocycles. The highest BCUT2D eigenvalue weighted by atomic mass is 35.5. The number of benzene rings is 2. The van der Waals surface area contributed by atoms with Gasteiger partial charge < -0.3 is 20.1 Å². The van der Waals surface area contributed by atoms with Gasteiger partial charge in [0.2, 0.25) is 0 Å². The predicted octanol–water partition coefficient (Wildman–Crippen LogP) is 5.47. The van der Waals surface area contributed by atoms with E-state index in [4.69, 9.17) is 33.3 Å². The van der Waals surface area contributed by atoms with Crippen LogP contribution in [-0.2, 0) is 4.74 Å². The van der Waals surface area contributed by atoms with Crippen molar-refractivity contribution in [3.05, 3.63) is 51.9 Å². The van der Waals surface area contributed by atoms with Crippen LogP contribution in [0, 0.1) is 6.92 Å². The van der Waals surface area contributed by atoms with Gasteiger partial charge in [0.15, 0.2) is 5.11 Å². The van der Waals surface area contributed by atoms with Crippen molar-refractivity contribution in [3.8, 4) is 5.75 Å². The van der Waals surface area contributed by atoms with E-state index in [0.717, 1.165) is 32.8 Å². The van der Waals surface area contributed by atoms with Crippen LogP contribution in [0.1, 0.15) is 15.2 Å². The number of hydrogen-bond acceptors (Lipinski definition) is 5. The normalized spacial score (nSPS) is 10.5. The Balaban J connectivity index is 1.78. The molecule has 27 heavy (non-hydrogen) atoms. The molecule has 0 aliphatic rings. The van der Waals surface area contributed by atoms with Gasteiger partial charge in [-0.05, 0) is 61.1 Å². The molecule has 2 N–H and O–H groups in total. The fourth-order valence-electron chi connectivity index (χ4n) is 2.55. The first-order valence-electron chi connectivity index (χ1n) is 7.96. The minimum Gasteiger partial charge on any atom is -0.497 e. The van der Waals surface area contributed by atoms with Crippen molar-refractivity contribution < 1.29 is 14.3 Å². The fraction of sp³-hybridized carbons (Fsp3) is 0.158. The Bertz CT molecular complexity index is 1030. The summed E-state index contributed by atoms with van der Waals surface area (Å²) >= 11 is 13.0. The van der Waals surface area contributed by atoms with Gasteiger partial charge in [-0.1, -0.05) is 11.6 Å². The molecule has 0 aliphatic carbocycles. The molecule has 3 aromatic rings. The molecule has 0 unspecified atom stereocenters. The topological polar surface area (TPSA) is 59.6 Å². The van der Waals surface area contributed by atoms with Crippen molar-refractivity contribution in [3.63, 3.8) is 0 Å². The number of halogens is 1. The van der Waals surface area contributed by atoms with Crippen LogP contribution in [0.5, 0.6) is 5.75 Å². The Hall–Kier alpha value is -2.35. The second-order valence-electron chi connectivity index (χ2n) is 5.71. The largest absolute Gasteiger partial charge is 0.497 e. The lowest BCUT2D eigenvalue weighted by Crippen LogP contribution is -2.19. The molecular weight excluding hydrogens is 404 g/mol. The lowest BCUT2D eigenvalue weighted by Gasteiger charge is -2.13. The predicted molar refractivity (Wildman–Crippen MR) is 116 cm³/mol. The first-order chi connectivity index (χ1) is 12.9. The van der Waals surface area contributed by atoms with E-state index in [2.05, 4.69) is 10.6 Å². The van der Waals surface area contributed by atoms with Crippen LogP contribution >= 0.6 is 35.2 Å². The Labute approximate surface area is 171 Å². The highest BCUT2D eigenvalue weighted by Crippen LogP contribution is 2.37. The van der Waals surface area contributed by atoms with Gasteiger partial charge in [-0.3, -0.25) is 0 Å². The molecule has 0 atom stereocenters. The van der Waals surface area contributed by atoms with Gasteiger partial charge in [0, 0.05) is 21.5 Å². The number of anilines is 2. The third-order valence-electron chi connectivity index (χ3n) is 3.94. The molecule has 140 valence electrons. The quantitative estimate of drug-likeness (QED) is 0.431. The van der Waals surface area contributed by atoms with Crippen LogP contribution < -0.4 is 15.4 Å². The third-order valence-corrected chi connectivity index (χ3v) is 5.78. The van der Waals surface area contributed by atoms with Gasteiger partial charge in [0.25, 0.3) is 0 Å². The number of thiocarbonyl (C=S) groups is 1. The highest BCUT2D eigenvalue weighted by Gasteiger charge is 2.17. The minimum absolute atomic E-state index is 0.390. The van der Waals surface area contributed by atoms with Gasteiger partial charge in [0.05, 0.1) is 19.2 Å². The summed E-state index contributed by atoms with van der Waals surface area (Å²) in [5.41, 5.74) is 2.70. The maximum Gasteiger partial charge on any atom is 0.349 e. The molecular formula is C19H17ClN2O3S2. The summed E-state index contributed by atoms with van der Waals surface area (Å²) in [5.74, 6) is 0.348. The Morgan fingerprint density at radius 2 is 1.93 bits per heavy atom. The molecule has 0 fully saturated rings. The smallest absolute Gasteiger partial charge is 0.349 e. The number of rotatable bonds is 4. The minimum atomic E-state index is -0.442. The SMILES string of the molecule is COC(=O)c1sc2cc(NC(=S)Nc3ccc(OC)cc3C)ccc2c1Cl. The highest BCUT2D eigenvalue weighted by molar-refractivity contribution is 7.80. The van der Waals surface area contributed by atoms with E-state index < -0.39 is 5.97 Å². The van der Waals surface area contributed by atoms with Crippen molar-refractivity contribution in [2.45, 2.75) is 6.92 Å². The van der Waals surface area contributed by atoms with Gasteiger partial charge in [-0.2, -0.15) is 0 Å². The zero-order valence-electron chi connectivity index (χ0n) is 14.9. The lowest BCUT2D eigenvalue weighted by atomic mass is 10.2. The standard InChI is InChI=1S/C19H17ClN2O3S2/c1-10-8-12(24-2)5-7-14(10)22-19(26)21-11-4-6-13-15(9-11)27-17(16(13)20)18(23)25-3/h4-9H,1-3H3,(H2,21,22,26). The van der Waals surface area contributed by atoms with Crippen LogP contribution in [0.15, 0.2) is 36.4 Å². The molecule has 5 nitrogen and oxygen atoms in total. The second kappa shape index (κ2) is 8.12. The van der Waals surface area contributed by atoms with E-state index >= 15 is 0 Å². The fourth-order valence-corrected chi connectivity index (χ4v) is 4.25. The van der Waals surface area contributed by atoms with Crippen LogP contribution in [0.3, 0.4) is 0 Å². The van der Waals surface area contributed by atoms with Gasteiger partial charge >= 0.3 is 5.97 Å². The number of esters is 1. The van der Waals surface area contributed by atoms with Crippen LogP contribution in [0.2, 0.25) is 5.02 Å². The number of aryl methyl sites for hydroxylation is 1. The monoisotopic (exact) mass is 420 g/mol. The number of hydrogen-bond donors (Lipinski definition) is 2. The summed E-state index contributed by atoms with van der Waals surface area (Å²) < 4.78 is 10.8. The number of methoxy groups -OCH3 is 2. The number of carbonyl (C=O) groups excluding carboxylic acids is 1. The molecule has 1 heterocycles. The molecule has 0 bridgehead atoms. The third kappa shape index (κ3) is 4.16. The second-order valence-corrected chi connectivity index (χ2v) is 7.55. The van der Waals surface area contributed by atoms with E-state index in [1.165, 1.54) is 18.4 Å². The van der Waals surface area contributed by atoms with Crippen LogP contribution in [0.4, 0.5) is 11.4 Å². The molecule has 1 aromatic heterocycles. The summed E-state index contributed by atoms with van der Waals surface area (Å²) in [7, 11) is 2.97. The number of fused-ring (bicyclic) bond motifs is 1. The maximum absolute atomic E-state index is 11.8. The molecule has 0 radical (unpaired) electrons. The van der Waals surface area contributed by atoms with Gasteiger partial charge in [-0.25, -0.2) is 4.79 Å². The van der Waals surface area contributed by atoms with Crippen molar-refractivity contribution in [2.75, 3.05) is 24.9 Å². The van der Waals surface area contributed by atoms with E-state index in [0.29, 0.717) is 15.0 Å². The van der Waals surface area contributed by atoms with Gasteiger partial charge in [-0.15, -0.1) is 11.3 Å². The summed E-state index contributed by atoms with van der Waals surface area (Å²) in [6.07, 6.45) is 0. The summed E-state index contributed by atoms with van der Waals surface area (Å²) in [4.78, 5) is 12.2. The Morgan fingerprint density at radius 3 is 2.59 bits per heavy atom. The Morgan fingerprint density at radius 1 is 1.15 bits per heavy atom. The molecule has 0 amide bonds. The zero-order valence-corrected chi connectivity index (χ0v) is 17.3. The summed E-state index contributed by atoms with van der Waals surface area (Å²) in [6, 6.07) is 11.3. The molecule has 3 rings (SSSR count). The molecule has 0 aliphatic heterocycles. The average Bonchev–Trinajstić information content (AvgIpc) is 2.98. The van der Waals surface area contributed by atoms with E-state index in [1.54, 1.807) is 7.11 Å². The number of nitrogens with one attached hydrogen (secondary N) is 2. The lowest BCUT2D eigenvalue weighted by molar-refractivity contribution is 0.0606. The average molecular weight is 421 g/mol. The first-order valence-corrected chi connectivity index (χ1v) is 9.56. The molecule has 0 saturated heterocycles. The number of ether oxygens (including phenoxy) is 2. The number of carbonyl (C=O) groups is 1. The Kier molecular flexibility index (Phi) is 5.84. The van der Waals surface area contributed by atoms with Crippen molar-refractivity contribution >= 4 is 67.7 Å². The molecule has 0 spiro atoms. The first kappa shape index (κ1) is 19.4. The van der Waals surface area contributed by atoms with Crippen molar-refractivity contribution in [2.24, 2.45) is 0 Å². The summed E-state index contributed by atoms with van der Waals surface area (Å²) in [6.45, 7) is 1.97. The maximum atomic E-state index is 11.8. The van der Waals surface area contributed by atoms with E-state index in [1.807, 2.05) is 43.3 Å². The van der Waals surface area contributed by atoms with Gasteiger partial charge in [0.1, 0.15) is 10.6 Å².